The van der Waals surface area contributed by atoms with Crippen molar-refractivity contribution in [2.45, 2.75) is 70.8 Å². The van der Waals surface area contributed by atoms with Gasteiger partial charge in [-0.2, -0.15) is 0 Å². The number of hydrogen-bond acceptors (Lipinski definition) is 1. The highest BCUT2D eigenvalue weighted by Gasteiger charge is 2.19. The molecule has 0 aliphatic carbocycles. The molecule has 0 heterocycles. The molecule has 94 valence electrons. The van der Waals surface area contributed by atoms with Gasteiger partial charge in [-0.15, -0.1) is 5.73 Å². The topological polar surface area (TPSA) is 20.2 Å². The molecule has 0 radical (unpaired) electrons. The quantitative estimate of drug-likeness (QED) is 0.379. The second kappa shape index (κ2) is 7.89. The van der Waals surface area contributed by atoms with Gasteiger partial charge in [0.1, 0.15) is 0 Å². The molecule has 0 aliphatic rings. The predicted octanol–water partition coefficient (Wildman–Crippen LogP) is 4.37. The van der Waals surface area contributed by atoms with E-state index in [-0.39, 0.29) is 6.10 Å². The lowest BCUT2D eigenvalue weighted by Gasteiger charge is -2.20. The Morgan fingerprint density at radius 3 is 2.31 bits per heavy atom. The van der Waals surface area contributed by atoms with Gasteiger partial charge >= 0.3 is 0 Å². The fraction of sp³-hybridized carbons (Fsp3) is 0.786. The van der Waals surface area contributed by atoms with E-state index < -0.39 is 8.07 Å². The van der Waals surface area contributed by atoms with E-state index in [4.69, 9.17) is 0 Å². The highest BCUT2D eigenvalue weighted by atomic mass is 28.3. The third kappa shape index (κ3) is 7.92. The van der Waals surface area contributed by atoms with Gasteiger partial charge in [-0.1, -0.05) is 58.8 Å². The monoisotopic (exact) mass is 240 g/mol. The molecule has 0 fully saturated rings. The highest BCUT2D eigenvalue weighted by molar-refractivity contribution is 6.76. The van der Waals surface area contributed by atoms with Gasteiger partial charge in [0.15, 0.2) is 0 Å². The van der Waals surface area contributed by atoms with Gasteiger partial charge in [0.2, 0.25) is 0 Å². The average Bonchev–Trinajstić information content (AvgIpc) is 2.19. The van der Waals surface area contributed by atoms with E-state index in [0.717, 1.165) is 24.5 Å². The Morgan fingerprint density at radius 2 is 1.88 bits per heavy atom. The van der Waals surface area contributed by atoms with Crippen LogP contribution in [0.15, 0.2) is 17.9 Å². The molecule has 0 amide bonds. The van der Waals surface area contributed by atoms with Gasteiger partial charge < -0.3 is 5.11 Å². The van der Waals surface area contributed by atoms with Gasteiger partial charge in [-0.3, -0.25) is 0 Å². The van der Waals surface area contributed by atoms with Crippen molar-refractivity contribution in [1.29, 1.82) is 0 Å². The van der Waals surface area contributed by atoms with Crippen LogP contribution in [0.5, 0.6) is 0 Å². The second-order valence-electron chi connectivity index (χ2n) is 5.80. The summed E-state index contributed by atoms with van der Waals surface area (Å²) >= 11 is 0. The maximum absolute atomic E-state index is 10.1. The first-order valence-electron chi connectivity index (χ1n) is 6.47. The number of aliphatic hydroxyl groups excluding tert-OH is 1. The molecule has 0 saturated heterocycles. The van der Waals surface area contributed by atoms with E-state index in [9.17, 15) is 5.11 Å². The van der Waals surface area contributed by atoms with E-state index in [1.54, 1.807) is 0 Å². The lowest BCUT2D eigenvalue weighted by Crippen LogP contribution is -2.24. The summed E-state index contributed by atoms with van der Waals surface area (Å²) in [6.07, 6.45) is 5.43. The third-order valence-electron chi connectivity index (χ3n) is 2.68. The Kier molecular flexibility index (Phi) is 7.74. The normalized spacial score (nSPS) is 13.3. The maximum atomic E-state index is 10.1. The molecule has 0 aromatic carbocycles. The van der Waals surface area contributed by atoms with Crippen molar-refractivity contribution in [3.05, 3.63) is 17.9 Å². The van der Waals surface area contributed by atoms with E-state index in [0.29, 0.717) is 0 Å². The molecular formula is C14H28OSi. The Bertz CT molecular complexity index is 234. The summed E-state index contributed by atoms with van der Waals surface area (Å²) in [5, 5.41) is 10.1. The summed E-state index contributed by atoms with van der Waals surface area (Å²) in [6, 6.07) is 1.02. The molecule has 0 aromatic rings. The van der Waals surface area contributed by atoms with E-state index in [2.05, 4.69) is 38.9 Å². The maximum Gasteiger partial charge on any atom is 0.0820 e. The molecule has 0 aliphatic heterocycles. The summed E-state index contributed by atoms with van der Waals surface area (Å²) < 4.78 is 0. The highest BCUT2D eigenvalue weighted by Crippen LogP contribution is 2.21. The third-order valence-corrected chi connectivity index (χ3v) is 4.12. The molecule has 0 unspecified atom stereocenters. The molecule has 0 spiro atoms. The van der Waals surface area contributed by atoms with Crippen molar-refractivity contribution in [3.63, 3.8) is 0 Å². The van der Waals surface area contributed by atoms with Crippen LogP contribution in [0.1, 0.15) is 39.0 Å². The first-order chi connectivity index (χ1) is 7.40. The van der Waals surface area contributed by atoms with Crippen LogP contribution in [0, 0.1) is 0 Å². The molecule has 0 rings (SSSR count). The fourth-order valence-corrected chi connectivity index (χ4v) is 3.31. The molecule has 0 bridgehead atoms. The lowest BCUT2D eigenvalue weighted by molar-refractivity contribution is 0.196. The number of aliphatic hydroxyl groups is 1. The smallest absolute Gasteiger partial charge is 0.0820 e. The van der Waals surface area contributed by atoms with E-state index in [1.807, 2.05) is 0 Å². The number of unbranched alkanes of at least 4 members (excludes halogenated alkanes) is 3. The van der Waals surface area contributed by atoms with Crippen LogP contribution in [-0.4, -0.2) is 19.3 Å². The van der Waals surface area contributed by atoms with Crippen molar-refractivity contribution in [1.82, 2.24) is 0 Å². The Labute approximate surface area is 102 Å². The van der Waals surface area contributed by atoms with Gasteiger partial charge in [0.05, 0.1) is 6.10 Å². The van der Waals surface area contributed by atoms with Gasteiger partial charge in [-0.25, -0.2) is 0 Å². The van der Waals surface area contributed by atoms with Gasteiger partial charge in [0, 0.05) is 8.07 Å². The van der Waals surface area contributed by atoms with Crippen molar-refractivity contribution in [3.8, 4) is 0 Å². The average molecular weight is 240 g/mol. The molecular weight excluding hydrogens is 212 g/mol. The summed E-state index contributed by atoms with van der Waals surface area (Å²) in [5.74, 6) is 0. The molecule has 2 heteroatoms. The first kappa shape index (κ1) is 15.7. The summed E-state index contributed by atoms with van der Waals surface area (Å²) in [5.41, 5.74) is 3.99. The summed E-state index contributed by atoms with van der Waals surface area (Å²) in [6.45, 7) is 12.9. The minimum atomic E-state index is -1.16. The molecule has 16 heavy (non-hydrogen) atoms. The van der Waals surface area contributed by atoms with Gasteiger partial charge in [0.25, 0.3) is 0 Å². The van der Waals surface area contributed by atoms with Crippen molar-refractivity contribution in [2.24, 2.45) is 0 Å². The first-order valence-corrected chi connectivity index (χ1v) is 10.2. The predicted molar refractivity (Wildman–Crippen MR) is 75.6 cm³/mol. The number of hydrogen-bond donors (Lipinski definition) is 1. The number of rotatable bonds is 8. The zero-order chi connectivity index (χ0) is 12.6. The van der Waals surface area contributed by atoms with Crippen molar-refractivity contribution in [2.75, 3.05) is 0 Å². The Hall–Kier alpha value is -0.303. The Morgan fingerprint density at radius 1 is 1.25 bits per heavy atom. The molecule has 1 N–H and O–H groups in total. The van der Waals surface area contributed by atoms with Crippen LogP contribution in [0.25, 0.3) is 0 Å². The minimum absolute atomic E-state index is 0.305. The summed E-state index contributed by atoms with van der Waals surface area (Å²) in [7, 11) is -1.16. The molecule has 0 aromatic heterocycles. The Balaban J connectivity index is 4.03. The lowest BCUT2D eigenvalue weighted by atomic mass is 10.0. The minimum Gasteiger partial charge on any atom is -0.388 e. The van der Waals surface area contributed by atoms with E-state index >= 15 is 0 Å². The largest absolute Gasteiger partial charge is 0.388 e. The van der Waals surface area contributed by atoms with Crippen LogP contribution < -0.4 is 0 Å². The SMILES string of the molecule is C=C=C(C[Si](C)(C)C)[C@H](O)CCCCCC. The van der Waals surface area contributed by atoms with Crippen molar-refractivity contribution < 1.29 is 5.11 Å². The molecule has 0 saturated carbocycles. The molecule has 1 atom stereocenters. The van der Waals surface area contributed by atoms with Crippen LogP contribution in [-0.2, 0) is 0 Å². The van der Waals surface area contributed by atoms with E-state index in [1.165, 1.54) is 19.3 Å². The summed E-state index contributed by atoms with van der Waals surface area (Å²) in [4.78, 5) is 0. The fourth-order valence-electron chi connectivity index (χ4n) is 1.81. The van der Waals surface area contributed by atoms with Crippen LogP contribution in [0.2, 0.25) is 25.7 Å². The van der Waals surface area contributed by atoms with Crippen LogP contribution in [0.4, 0.5) is 0 Å². The van der Waals surface area contributed by atoms with Crippen LogP contribution in [0.3, 0.4) is 0 Å². The zero-order valence-corrected chi connectivity index (χ0v) is 12.5. The second-order valence-corrected chi connectivity index (χ2v) is 11.3. The zero-order valence-electron chi connectivity index (χ0n) is 11.5. The van der Waals surface area contributed by atoms with Crippen molar-refractivity contribution >= 4 is 8.07 Å². The van der Waals surface area contributed by atoms with Gasteiger partial charge in [-0.05, 0) is 18.0 Å². The standard InChI is InChI=1S/C14H28OSi/c1-6-8-9-10-11-14(15)13(7-2)12-16(3,4)5/h14-15H,2,6,8-12H2,1,3-5H3/t14-/m1/s1. The van der Waals surface area contributed by atoms with Crippen LogP contribution >= 0.6 is 0 Å². The molecule has 1 nitrogen and oxygen atoms in total.